The van der Waals surface area contributed by atoms with E-state index >= 15 is 0 Å². The number of alkyl halides is 3. The van der Waals surface area contributed by atoms with E-state index in [9.17, 15) is 27.6 Å². The van der Waals surface area contributed by atoms with E-state index in [1.807, 2.05) is 0 Å². The number of rotatable bonds is 4. The van der Waals surface area contributed by atoms with Crippen molar-refractivity contribution in [3.63, 3.8) is 0 Å². The quantitative estimate of drug-likeness (QED) is 0.583. The lowest BCUT2D eigenvalue weighted by atomic mass is 10.1. The summed E-state index contributed by atoms with van der Waals surface area (Å²) in [7, 11) is 0. The molecule has 0 bridgehead atoms. The number of carbonyl (C=O) groups excluding carboxylic acids is 3. The summed E-state index contributed by atoms with van der Waals surface area (Å²) < 4.78 is 40.5. The van der Waals surface area contributed by atoms with Crippen LogP contribution in [0, 0.1) is 6.92 Å². The van der Waals surface area contributed by atoms with Gasteiger partial charge in [-0.2, -0.15) is 0 Å². The molecule has 0 atom stereocenters. The molecule has 0 spiro atoms. The van der Waals surface area contributed by atoms with Crippen molar-refractivity contribution in [2.75, 3.05) is 10.2 Å². The van der Waals surface area contributed by atoms with Gasteiger partial charge in [0.2, 0.25) is 0 Å². The molecule has 32 heavy (non-hydrogen) atoms. The third kappa shape index (κ3) is 4.04. The van der Waals surface area contributed by atoms with E-state index in [1.54, 1.807) is 31.2 Å². The Kier molecular flexibility index (Phi) is 5.17. The second-order valence-electron chi connectivity index (χ2n) is 7.02. The summed E-state index contributed by atoms with van der Waals surface area (Å²) in [5.74, 6) is -2.03. The van der Waals surface area contributed by atoms with Crippen LogP contribution in [-0.2, 0) is 0 Å². The molecule has 1 aliphatic heterocycles. The predicted molar refractivity (Wildman–Crippen MR) is 110 cm³/mol. The maximum absolute atomic E-state index is 12.9. The fourth-order valence-corrected chi connectivity index (χ4v) is 3.36. The number of ether oxygens (including phenoxy) is 1. The zero-order valence-corrected chi connectivity index (χ0v) is 16.6. The van der Waals surface area contributed by atoms with Crippen LogP contribution in [0.4, 0.5) is 24.5 Å². The summed E-state index contributed by atoms with van der Waals surface area (Å²) in [5, 5.41) is 2.53. The van der Waals surface area contributed by atoms with Gasteiger partial charge >= 0.3 is 6.36 Å². The molecule has 0 aliphatic carbocycles. The van der Waals surface area contributed by atoms with E-state index in [1.165, 1.54) is 30.3 Å². The molecule has 3 aromatic rings. The highest BCUT2D eigenvalue weighted by atomic mass is 19.4. The summed E-state index contributed by atoms with van der Waals surface area (Å²) in [6.07, 6.45) is -4.81. The molecule has 1 N–H and O–H groups in total. The average molecular weight is 440 g/mol. The molecular weight excluding hydrogens is 425 g/mol. The van der Waals surface area contributed by atoms with Gasteiger partial charge in [0.15, 0.2) is 0 Å². The van der Waals surface area contributed by atoms with Crippen LogP contribution in [0.5, 0.6) is 5.75 Å². The third-order valence-corrected chi connectivity index (χ3v) is 4.85. The lowest BCUT2D eigenvalue weighted by Crippen LogP contribution is -2.29. The van der Waals surface area contributed by atoms with Crippen molar-refractivity contribution in [1.82, 2.24) is 0 Å². The Balaban J connectivity index is 1.54. The van der Waals surface area contributed by atoms with Crippen LogP contribution < -0.4 is 15.0 Å². The van der Waals surface area contributed by atoms with Crippen molar-refractivity contribution in [3.8, 4) is 5.75 Å². The first kappa shape index (κ1) is 21.1. The fraction of sp³-hybridized carbons (Fsp3) is 0.0870. The van der Waals surface area contributed by atoms with Gasteiger partial charge in [-0.1, -0.05) is 18.2 Å². The minimum Gasteiger partial charge on any atom is -0.406 e. The molecule has 6 nitrogen and oxygen atoms in total. The van der Waals surface area contributed by atoms with E-state index in [-0.39, 0.29) is 22.4 Å². The molecule has 3 amide bonds. The number of imide groups is 1. The SMILES string of the molecule is Cc1ccccc1N1C(=O)c2ccc(C(=O)Nc3ccc(OC(F)(F)F)cc3)cc2C1=O. The number of nitrogens with one attached hydrogen (secondary N) is 1. The van der Waals surface area contributed by atoms with Crippen LogP contribution in [0.15, 0.2) is 66.7 Å². The number of aryl methyl sites for hydroxylation is 1. The molecule has 162 valence electrons. The Hall–Kier alpha value is -4.14. The number of benzene rings is 3. The largest absolute Gasteiger partial charge is 0.573 e. The average Bonchev–Trinajstić information content (AvgIpc) is 2.99. The van der Waals surface area contributed by atoms with Crippen molar-refractivity contribution >= 4 is 29.1 Å². The van der Waals surface area contributed by atoms with Crippen molar-refractivity contribution in [3.05, 3.63) is 89.0 Å². The zero-order chi connectivity index (χ0) is 23.0. The molecule has 0 saturated carbocycles. The normalized spacial score (nSPS) is 13.2. The van der Waals surface area contributed by atoms with Crippen molar-refractivity contribution < 1.29 is 32.3 Å². The van der Waals surface area contributed by atoms with Gasteiger partial charge in [-0.05, 0) is 61.0 Å². The minimum atomic E-state index is -4.81. The smallest absolute Gasteiger partial charge is 0.406 e. The van der Waals surface area contributed by atoms with Crippen LogP contribution in [0.1, 0.15) is 36.6 Å². The number of anilines is 2. The molecule has 9 heteroatoms. The van der Waals surface area contributed by atoms with Crippen LogP contribution in [-0.4, -0.2) is 24.1 Å². The summed E-state index contributed by atoms with van der Waals surface area (Å²) in [4.78, 5) is 39.3. The molecule has 0 fully saturated rings. The number of para-hydroxylation sites is 1. The summed E-state index contributed by atoms with van der Waals surface area (Å²) in [6.45, 7) is 1.78. The topological polar surface area (TPSA) is 75.7 Å². The lowest BCUT2D eigenvalue weighted by Gasteiger charge is -2.16. The minimum absolute atomic E-state index is 0.0971. The highest BCUT2D eigenvalue weighted by Gasteiger charge is 2.37. The first-order chi connectivity index (χ1) is 15.1. The van der Waals surface area contributed by atoms with Gasteiger partial charge < -0.3 is 10.1 Å². The Morgan fingerprint density at radius 3 is 2.22 bits per heavy atom. The van der Waals surface area contributed by atoms with E-state index in [2.05, 4.69) is 10.1 Å². The molecule has 0 aromatic heterocycles. The lowest BCUT2D eigenvalue weighted by molar-refractivity contribution is -0.274. The van der Waals surface area contributed by atoms with Crippen molar-refractivity contribution in [2.45, 2.75) is 13.3 Å². The van der Waals surface area contributed by atoms with E-state index < -0.39 is 29.8 Å². The molecular formula is C23H15F3N2O4. The van der Waals surface area contributed by atoms with Crippen LogP contribution in [0.3, 0.4) is 0 Å². The zero-order valence-electron chi connectivity index (χ0n) is 16.6. The molecule has 0 saturated heterocycles. The molecule has 4 rings (SSSR count). The van der Waals surface area contributed by atoms with Crippen molar-refractivity contribution in [2.24, 2.45) is 0 Å². The van der Waals surface area contributed by atoms with E-state index in [0.717, 1.165) is 22.6 Å². The van der Waals surface area contributed by atoms with Crippen LogP contribution in [0.2, 0.25) is 0 Å². The van der Waals surface area contributed by atoms with E-state index in [0.29, 0.717) is 5.69 Å². The standard InChI is InChI=1S/C23H15F3N2O4/c1-13-4-2-3-5-19(13)28-21(30)17-11-6-14(12-18(17)22(28)31)20(29)27-15-7-9-16(10-8-15)32-23(24,25)26/h2-12H,1H3,(H,27,29). The summed E-state index contributed by atoms with van der Waals surface area (Å²) in [5.41, 5.74) is 1.84. The third-order valence-electron chi connectivity index (χ3n) is 4.85. The van der Waals surface area contributed by atoms with Gasteiger partial charge in [0.05, 0.1) is 16.8 Å². The number of amides is 3. The molecule has 0 unspecified atom stereocenters. The Labute approximate surface area is 180 Å². The predicted octanol–water partition coefficient (Wildman–Crippen LogP) is 4.95. The van der Waals surface area contributed by atoms with Crippen LogP contribution >= 0.6 is 0 Å². The maximum Gasteiger partial charge on any atom is 0.573 e. The number of fused-ring (bicyclic) bond motifs is 1. The Morgan fingerprint density at radius 1 is 0.906 bits per heavy atom. The van der Waals surface area contributed by atoms with Gasteiger partial charge in [0, 0.05) is 11.3 Å². The number of hydrogen-bond acceptors (Lipinski definition) is 4. The maximum atomic E-state index is 12.9. The second-order valence-corrected chi connectivity index (χ2v) is 7.02. The number of carbonyl (C=O) groups is 3. The van der Waals surface area contributed by atoms with Crippen LogP contribution in [0.25, 0.3) is 0 Å². The fourth-order valence-electron chi connectivity index (χ4n) is 3.36. The summed E-state index contributed by atoms with van der Waals surface area (Å²) >= 11 is 0. The number of hydrogen-bond donors (Lipinski definition) is 1. The monoisotopic (exact) mass is 440 g/mol. The van der Waals surface area contributed by atoms with E-state index in [4.69, 9.17) is 0 Å². The summed E-state index contributed by atoms with van der Waals surface area (Å²) in [6, 6.07) is 15.7. The molecule has 0 radical (unpaired) electrons. The van der Waals surface area contributed by atoms with Gasteiger partial charge in [-0.3, -0.25) is 14.4 Å². The van der Waals surface area contributed by atoms with Gasteiger partial charge in [0.1, 0.15) is 5.75 Å². The Morgan fingerprint density at radius 2 is 1.56 bits per heavy atom. The van der Waals surface area contributed by atoms with Crippen molar-refractivity contribution in [1.29, 1.82) is 0 Å². The first-order valence-electron chi connectivity index (χ1n) is 9.40. The first-order valence-corrected chi connectivity index (χ1v) is 9.40. The highest BCUT2D eigenvalue weighted by molar-refractivity contribution is 6.35. The number of nitrogens with zero attached hydrogens (tertiary/aromatic N) is 1. The van der Waals surface area contributed by atoms with Gasteiger partial charge in [0.25, 0.3) is 17.7 Å². The van der Waals surface area contributed by atoms with Gasteiger partial charge in [-0.15, -0.1) is 13.2 Å². The molecule has 1 heterocycles. The Bertz CT molecular complexity index is 1240. The van der Waals surface area contributed by atoms with Gasteiger partial charge in [-0.25, -0.2) is 4.90 Å². The molecule has 3 aromatic carbocycles. The highest BCUT2D eigenvalue weighted by Crippen LogP contribution is 2.31. The second kappa shape index (κ2) is 7.84. The number of halogens is 3. The molecule has 1 aliphatic rings.